The molecule has 1 aliphatic rings. The largest absolute Gasteiger partial charge is 0.464 e. The number of aryl methyl sites for hydroxylation is 1. The Balaban J connectivity index is 1.53. The third-order valence-electron chi connectivity index (χ3n) is 3.32. The lowest BCUT2D eigenvalue weighted by Gasteiger charge is -2.03. The fraction of sp³-hybridized carbons (Fsp3) is 0.375. The summed E-state index contributed by atoms with van der Waals surface area (Å²) in [4.78, 5) is 1.33. The van der Waals surface area contributed by atoms with Crippen LogP contribution in [0.2, 0.25) is 0 Å². The molecule has 1 heterocycles. The van der Waals surface area contributed by atoms with Crippen LogP contribution in [0.25, 0.3) is 0 Å². The molecule has 1 saturated carbocycles. The molecule has 3 rings (SSSR count). The van der Waals surface area contributed by atoms with Gasteiger partial charge >= 0.3 is 0 Å². The highest BCUT2D eigenvalue weighted by Crippen LogP contribution is 2.26. The quantitative estimate of drug-likeness (QED) is 0.801. The molecule has 2 nitrogen and oxygen atoms in total. The number of nitrogens with one attached hydrogen (secondary N) is 1. The summed E-state index contributed by atoms with van der Waals surface area (Å²) in [6, 6.07) is 13.4. The minimum Gasteiger partial charge on any atom is -0.464 e. The van der Waals surface area contributed by atoms with Gasteiger partial charge in [-0.15, -0.1) is 11.8 Å². The summed E-state index contributed by atoms with van der Waals surface area (Å²) < 4.78 is 5.84. The van der Waals surface area contributed by atoms with Crippen molar-refractivity contribution in [3.8, 4) is 0 Å². The molecule has 0 aliphatic heterocycles. The predicted octanol–water partition coefficient (Wildman–Crippen LogP) is 4.13. The lowest BCUT2D eigenvalue weighted by atomic mass is 10.2. The van der Waals surface area contributed by atoms with E-state index in [4.69, 9.17) is 4.42 Å². The van der Waals surface area contributed by atoms with Crippen LogP contribution in [0.5, 0.6) is 0 Å². The van der Waals surface area contributed by atoms with Crippen LogP contribution < -0.4 is 5.32 Å². The summed E-state index contributed by atoms with van der Waals surface area (Å²) in [5.41, 5.74) is 1.33. The molecule has 0 radical (unpaired) electrons. The Bertz CT molecular complexity index is 545. The van der Waals surface area contributed by atoms with Crippen LogP contribution in [-0.2, 0) is 12.3 Å². The van der Waals surface area contributed by atoms with E-state index in [0.29, 0.717) is 0 Å². The van der Waals surface area contributed by atoms with Gasteiger partial charge in [0.2, 0.25) is 0 Å². The molecule has 0 bridgehead atoms. The highest BCUT2D eigenvalue weighted by molar-refractivity contribution is 7.98. The van der Waals surface area contributed by atoms with Crippen molar-refractivity contribution in [3.63, 3.8) is 0 Å². The first-order valence-corrected chi connectivity index (χ1v) is 7.79. The number of thioether (sulfide) groups is 1. The lowest BCUT2D eigenvalue weighted by molar-refractivity contribution is 0.458. The zero-order chi connectivity index (χ0) is 13.1. The Labute approximate surface area is 118 Å². The average molecular weight is 273 g/mol. The van der Waals surface area contributed by atoms with Crippen molar-refractivity contribution in [3.05, 3.63) is 53.5 Å². The van der Waals surface area contributed by atoms with E-state index >= 15 is 0 Å². The molecule has 0 unspecified atom stereocenters. The maximum Gasteiger partial charge on any atom is 0.118 e. The second kappa shape index (κ2) is 5.85. The first-order chi connectivity index (χ1) is 9.31. The fourth-order valence-corrected chi connectivity index (χ4v) is 2.92. The standard InChI is InChI=1S/C16H19NOS/c1-12-4-2-3-5-16(12)19-11-15-9-8-14(18-15)10-17-13-6-7-13/h2-5,8-9,13,17H,6-7,10-11H2,1H3. The summed E-state index contributed by atoms with van der Waals surface area (Å²) in [5, 5.41) is 3.47. The zero-order valence-electron chi connectivity index (χ0n) is 11.2. The van der Waals surface area contributed by atoms with E-state index in [1.165, 1.54) is 23.3 Å². The lowest BCUT2D eigenvalue weighted by Crippen LogP contribution is -2.14. The third-order valence-corrected chi connectivity index (χ3v) is 4.52. The fourth-order valence-electron chi connectivity index (χ4n) is 1.99. The van der Waals surface area contributed by atoms with Gasteiger partial charge in [0.1, 0.15) is 11.5 Å². The van der Waals surface area contributed by atoms with Gasteiger partial charge in [-0.25, -0.2) is 0 Å². The van der Waals surface area contributed by atoms with Gasteiger partial charge in [0.25, 0.3) is 0 Å². The third kappa shape index (κ3) is 3.64. The average Bonchev–Trinajstić information content (AvgIpc) is 3.14. The van der Waals surface area contributed by atoms with E-state index in [-0.39, 0.29) is 0 Å². The van der Waals surface area contributed by atoms with Gasteiger partial charge in [0, 0.05) is 10.9 Å². The van der Waals surface area contributed by atoms with Crippen molar-refractivity contribution in [2.45, 2.75) is 43.0 Å². The molecule has 1 aromatic heterocycles. The van der Waals surface area contributed by atoms with Crippen LogP contribution in [-0.4, -0.2) is 6.04 Å². The van der Waals surface area contributed by atoms with E-state index in [9.17, 15) is 0 Å². The second-order valence-corrected chi connectivity index (χ2v) is 6.09. The van der Waals surface area contributed by atoms with E-state index < -0.39 is 0 Å². The van der Waals surface area contributed by atoms with E-state index in [2.05, 4.69) is 48.6 Å². The molecule has 1 aromatic carbocycles. The van der Waals surface area contributed by atoms with Crippen LogP contribution in [0.3, 0.4) is 0 Å². The molecule has 100 valence electrons. The SMILES string of the molecule is Cc1ccccc1SCc1ccc(CNC2CC2)o1. The highest BCUT2D eigenvalue weighted by atomic mass is 32.2. The summed E-state index contributed by atoms with van der Waals surface area (Å²) >= 11 is 1.84. The minimum absolute atomic E-state index is 0.731. The molecular formula is C16H19NOS. The first kappa shape index (κ1) is 12.8. The Morgan fingerprint density at radius 2 is 1.95 bits per heavy atom. The van der Waals surface area contributed by atoms with Crippen LogP contribution in [0.4, 0.5) is 0 Å². The van der Waals surface area contributed by atoms with Gasteiger partial charge in [0.15, 0.2) is 0 Å². The summed E-state index contributed by atoms with van der Waals surface area (Å²) in [6.45, 7) is 3.01. The maximum absolute atomic E-state index is 5.84. The van der Waals surface area contributed by atoms with E-state index in [1.54, 1.807) is 0 Å². The summed E-state index contributed by atoms with van der Waals surface area (Å²) in [7, 11) is 0. The molecule has 0 amide bonds. The molecule has 3 heteroatoms. The zero-order valence-corrected chi connectivity index (χ0v) is 12.0. The molecule has 0 spiro atoms. The second-order valence-electron chi connectivity index (χ2n) is 5.08. The molecule has 1 N–H and O–H groups in total. The van der Waals surface area contributed by atoms with Crippen LogP contribution in [0.15, 0.2) is 45.7 Å². The highest BCUT2D eigenvalue weighted by Gasteiger charge is 2.20. The van der Waals surface area contributed by atoms with Crippen molar-refractivity contribution < 1.29 is 4.42 Å². The van der Waals surface area contributed by atoms with Gasteiger partial charge in [-0.3, -0.25) is 0 Å². The van der Waals surface area contributed by atoms with Gasteiger partial charge in [0.05, 0.1) is 12.3 Å². The number of hydrogen-bond donors (Lipinski definition) is 1. The normalized spacial score (nSPS) is 14.8. The molecule has 19 heavy (non-hydrogen) atoms. The van der Waals surface area contributed by atoms with Crippen LogP contribution in [0.1, 0.15) is 29.9 Å². The van der Waals surface area contributed by atoms with Crippen molar-refractivity contribution >= 4 is 11.8 Å². The number of benzene rings is 1. The first-order valence-electron chi connectivity index (χ1n) is 6.80. The molecule has 1 fully saturated rings. The van der Waals surface area contributed by atoms with E-state index in [0.717, 1.165) is 29.9 Å². The number of furan rings is 1. The Hall–Kier alpha value is -1.19. The van der Waals surface area contributed by atoms with Crippen LogP contribution in [0, 0.1) is 6.92 Å². The van der Waals surface area contributed by atoms with Crippen molar-refractivity contribution in [1.29, 1.82) is 0 Å². The van der Waals surface area contributed by atoms with Gasteiger partial charge in [-0.05, 0) is 43.5 Å². The summed E-state index contributed by atoms with van der Waals surface area (Å²) in [6.07, 6.45) is 2.63. The van der Waals surface area contributed by atoms with Gasteiger partial charge in [-0.2, -0.15) is 0 Å². The van der Waals surface area contributed by atoms with Gasteiger partial charge in [-0.1, -0.05) is 18.2 Å². The monoisotopic (exact) mass is 273 g/mol. The number of rotatable bonds is 6. The molecule has 0 saturated heterocycles. The maximum atomic E-state index is 5.84. The van der Waals surface area contributed by atoms with E-state index in [1.807, 2.05) is 11.8 Å². The smallest absolute Gasteiger partial charge is 0.118 e. The number of hydrogen-bond acceptors (Lipinski definition) is 3. The Kier molecular flexibility index (Phi) is 3.95. The topological polar surface area (TPSA) is 25.2 Å². The Morgan fingerprint density at radius 3 is 2.74 bits per heavy atom. The Morgan fingerprint density at radius 1 is 1.16 bits per heavy atom. The molecule has 2 aromatic rings. The molecule has 1 aliphatic carbocycles. The molecular weight excluding hydrogens is 254 g/mol. The van der Waals surface area contributed by atoms with Crippen LogP contribution >= 0.6 is 11.8 Å². The van der Waals surface area contributed by atoms with Crippen molar-refractivity contribution in [2.75, 3.05) is 0 Å². The molecule has 0 atom stereocenters. The predicted molar refractivity (Wildman–Crippen MR) is 79.3 cm³/mol. The minimum atomic E-state index is 0.731. The summed E-state index contributed by atoms with van der Waals surface area (Å²) in [5.74, 6) is 3.00. The van der Waals surface area contributed by atoms with Crippen molar-refractivity contribution in [2.24, 2.45) is 0 Å². The van der Waals surface area contributed by atoms with Gasteiger partial charge < -0.3 is 9.73 Å². The van der Waals surface area contributed by atoms with Crippen molar-refractivity contribution in [1.82, 2.24) is 5.32 Å².